The van der Waals surface area contributed by atoms with Gasteiger partial charge in [0.1, 0.15) is 17.5 Å². The number of hydrogen-bond acceptors (Lipinski definition) is 6. The molecule has 0 aliphatic rings. The zero-order valence-electron chi connectivity index (χ0n) is 16.8. The number of hydrogen-bond donors (Lipinski definition) is 1. The second kappa shape index (κ2) is 9.59. The summed E-state index contributed by atoms with van der Waals surface area (Å²) in [6.07, 6.45) is -0.147. The first kappa shape index (κ1) is 23.5. The number of carbonyl (C=O) groups excluding carboxylic acids is 2. The van der Waals surface area contributed by atoms with Gasteiger partial charge < -0.3 is 14.6 Å². The molecule has 1 aromatic heterocycles. The fraction of sp³-hybridized carbons (Fsp3) is 0.556. The maximum atomic E-state index is 12.3. The Morgan fingerprint density at radius 1 is 1.25 bits per heavy atom. The molecule has 156 valence electrons. The summed E-state index contributed by atoms with van der Waals surface area (Å²) < 4.78 is 10.2. The first-order valence-corrected chi connectivity index (χ1v) is 8.98. The lowest BCUT2D eigenvalue weighted by molar-refractivity contribution is -0.142. The van der Waals surface area contributed by atoms with Gasteiger partial charge in [-0.2, -0.15) is 0 Å². The highest BCUT2D eigenvalue weighted by molar-refractivity contribution is 6.20. The number of amides is 2. The number of carbonyl (C=O) groups is 3. The van der Waals surface area contributed by atoms with E-state index in [0.29, 0.717) is 5.56 Å². The normalized spacial score (nSPS) is 13.2. The summed E-state index contributed by atoms with van der Waals surface area (Å²) in [6, 6.07) is 2.00. The van der Waals surface area contributed by atoms with Crippen LogP contribution in [0.1, 0.15) is 33.3 Å². The van der Waals surface area contributed by atoms with Crippen molar-refractivity contribution in [2.24, 2.45) is 0 Å². The van der Waals surface area contributed by atoms with Gasteiger partial charge in [0, 0.05) is 26.7 Å². The average Bonchev–Trinajstić information content (AvgIpc) is 2.56. The number of alkyl halides is 1. The van der Waals surface area contributed by atoms with Gasteiger partial charge in [-0.3, -0.25) is 9.80 Å². The van der Waals surface area contributed by atoms with E-state index in [-0.39, 0.29) is 12.2 Å². The minimum Gasteiger partial charge on any atom is -0.480 e. The van der Waals surface area contributed by atoms with Gasteiger partial charge in [-0.1, -0.05) is 17.7 Å². The van der Waals surface area contributed by atoms with Gasteiger partial charge in [0.2, 0.25) is 0 Å². The molecule has 0 fully saturated rings. The van der Waals surface area contributed by atoms with Crippen molar-refractivity contribution in [3.8, 4) is 0 Å². The van der Waals surface area contributed by atoms with Crippen LogP contribution in [-0.4, -0.2) is 64.4 Å². The summed E-state index contributed by atoms with van der Waals surface area (Å²) in [5, 5.41) is 9.62. The molecule has 1 aromatic rings. The van der Waals surface area contributed by atoms with E-state index in [9.17, 15) is 19.5 Å². The molecule has 1 N–H and O–H groups in total. The smallest absolute Gasteiger partial charge is 0.416 e. The number of halogens is 1. The van der Waals surface area contributed by atoms with Crippen LogP contribution in [0.25, 0.3) is 0 Å². The van der Waals surface area contributed by atoms with Crippen LogP contribution in [0.3, 0.4) is 0 Å². The summed E-state index contributed by atoms with van der Waals surface area (Å²) in [5.41, 5.74) is -1.17. The molecule has 1 heterocycles. The molecule has 0 saturated carbocycles. The average molecular weight is 416 g/mol. The van der Waals surface area contributed by atoms with E-state index in [2.05, 4.69) is 4.98 Å². The Bertz CT molecular complexity index is 720. The predicted molar refractivity (Wildman–Crippen MR) is 104 cm³/mol. The molecule has 9 nitrogen and oxygen atoms in total. The molecule has 0 aromatic carbocycles. The summed E-state index contributed by atoms with van der Waals surface area (Å²) in [6.45, 7) is 6.55. The van der Waals surface area contributed by atoms with E-state index < -0.39 is 35.4 Å². The van der Waals surface area contributed by atoms with E-state index in [1.807, 2.05) is 0 Å². The van der Waals surface area contributed by atoms with Crippen LogP contribution in [0.4, 0.5) is 15.4 Å². The molecule has 0 saturated heterocycles. The van der Waals surface area contributed by atoms with Crippen molar-refractivity contribution in [2.75, 3.05) is 19.0 Å². The summed E-state index contributed by atoms with van der Waals surface area (Å²) in [7, 11) is 2.77. The predicted octanol–water partition coefficient (Wildman–Crippen LogP) is 3.10. The Labute approximate surface area is 169 Å². The molecular weight excluding hydrogens is 390 g/mol. The van der Waals surface area contributed by atoms with Crippen LogP contribution < -0.4 is 4.90 Å². The molecule has 10 heteroatoms. The van der Waals surface area contributed by atoms with E-state index in [1.54, 1.807) is 32.9 Å². The van der Waals surface area contributed by atoms with Crippen molar-refractivity contribution in [1.29, 1.82) is 0 Å². The minimum atomic E-state index is -1.23. The minimum absolute atomic E-state index is 0.0949. The Balaban J connectivity index is 3.10. The van der Waals surface area contributed by atoms with Crippen LogP contribution >= 0.6 is 11.6 Å². The van der Waals surface area contributed by atoms with Gasteiger partial charge in [0.15, 0.2) is 5.56 Å². The quantitative estimate of drug-likeness (QED) is 0.711. The zero-order chi connectivity index (χ0) is 21.6. The lowest BCUT2D eigenvalue weighted by Crippen LogP contribution is -2.46. The topological polar surface area (TPSA) is 109 Å². The SMILES string of the molecule is CC(Cl)OC(=O)N(C)c1ncccc1CC(C(=O)O)N(C)C(=O)OC(C)(C)C. The van der Waals surface area contributed by atoms with E-state index in [4.69, 9.17) is 21.1 Å². The Kier molecular flexibility index (Phi) is 8.04. The molecule has 2 atom stereocenters. The first-order valence-electron chi connectivity index (χ1n) is 8.54. The number of aliphatic carboxylic acids is 1. The fourth-order valence-electron chi connectivity index (χ4n) is 2.26. The van der Waals surface area contributed by atoms with Crippen molar-refractivity contribution in [3.63, 3.8) is 0 Å². The highest BCUT2D eigenvalue weighted by Crippen LogP contribution is 2.21. The van der Waals surface area contributed by atoms with Gasteiger partial charge in [0.05, 0.1) is 0 Å². The highest BCUT2D eigenvalue weighted by atomic mass is 35.5. The molecule has 2 amide bonds. The van der Waals surface area contributed by atoms with Crippen molar-refractivity contribution >= 4 is 35.6 Å². The van der Waals surface area contributed by atoms with Gasteiger partial charge in [0.25, 0.3) is 0 Å². The van der Waals surface area contributed by atoms with Crippen LogP contribution in [0.2, 0.25) is 0 Å². The van der Waals surface area contributed by atoms with Crippen LogP contribution in [0, 0.1) is 0 Å². The second-order valence-electron chi connectivity index (χ2n) is 7.12. The van der Waals surface area contributed by atoms with Crippen molar-refractivity contribution in [3.05, 3.63) is 23.9 Å². The Morgan fingerprint density at radius 2 is 1.86 bits per heavy atom. The van der Waals surface area contributed by atoms with E-state index in [0.717, 1.165) is 9.80 Å². The molecule has 28 heavy (non-hydrogen) atoms. The second-order valence-corrected chi connectivity index (χ2v) is 7.74. The van der Waals surface area contributed by atoms with Crippen molar-refractivity contribution in [2.45, 2.75) is 51.3 Å². The van der Waals surface area contributed by atoms with Crippen LogP contribution in [-0.2, 0) is 20.7 Å². The van der Waals surface area contributed by atoms with Gasteiger partial charge in [-0.25, -0.2) is 19.4 Å². The molecular formula is C18H26ClN3O6. The third-order valence-corrected chi connectivity index (χ3v) is 3.66. The van der Waals surface area contributed by atoms with Crippen molar-refractivity contribution < 1.29 is 29.0 Å². The summed E-state index contributed by atoms with van der Waals surface area (Å²) in [5.74, 6) is -1.02. The van der Waals surface area contributed by atoms with Gasteiger partial charge >= 0.3 is 18.2 Å². The number of pyridine rings is 1. The Morgan fingerprint density at radius 3 is 2.36 bits per heavy atom. The third kappa shape index (κ3) is 6.88. The molecule has 2 unspecified atom stereocenters. The molecule has 0 bridgehead atoms. The first-order chi connectivity index (χ1) is 12.8. The third-order valence-electron chi connectivity index (χ3n) is 3.57. The number of nitrogens with zero attached hydrogens (tertiary/aromatic N) is 3. The highest BCUT2D eigenvalue weighted by Gasteiger charge is 2.32. The standard InChI is InChI=1S/C18H26ClN3O6/c1-11(19)27-16(25)22(6)14-12(8-7-9-20-14)10-13(15(23)24)21(5)17(26)28-18(2,3)4/h7-9,11,13H,10H2,1-6H3,(H,23,24). The molecule has 0 radical (unpaired) electrons. The number of rotatable bonds is 6. The van der Waals surface area contributed by atoms with E-state index in [1.165, 1.54) is 27.2 Å². The maximum Gasteiger partial charge on any atom is 0.416 e. The maximum absolute atomic E-state index is 12.3. The van der Waals surface area contributed by atoms with Gasteiger partial charge in [-0.05, 0) is 39.3 Å². The zero-order valence-corrected chi connectivity index (χ0v) is 17.6. The lowest BCUT2D eigenvalue weighted by atomic mass is 10.1. The molecule has 0 spiro atoms. The van der Waals surface area contributed by atoms with Crippen molar-refractivity contribution in [1.82, 2.24) is 9.88 Å². The number of likely N-dealkylation sites (N-methyl/N-ethyl adjacent to an activating group) is 1. The Hall–Kier alpha value is -2.55. The number of carboxylic acid groups (broad SMARTS) is 1. The van der Waals surface area contributed by atoms with Crippen LogP contribution in [0.5, 0.6) is 0 Å². The van der Waals surface area contributed by atoms with E-state index >= 15 is 0 Å². The molecule has 0 aliphatic carbocycles. The lowest BCUT2D eigenvalue weighted by Gasteiger charge is -2.29. The summed E-state index contributed by atoms with van der Waals surface area (Å²) in [4.78, 5) is 42.4. The molecule has 1 rings (SSSR count). The largest absolute Gasteiger partial charge is 0.480 e. The van der Waals surface area contributed by atoms with Gasteiger partial charge in [-0.15, -0.1) is 0 Å². The number of aromatic nitrogens is 1. The monoisotopic (exact) mass is 415 g/mol. The number of anilines is 1. The fourth-order valence-corrected chi connectivity index (χ4v) is 2.33. The summed E-state index contributed by atoms with van der Waals surface area (Å²) >= 11 is 5.67. The number of carboxylic acids is 1. The number of ether oxygens (including phenoxy) is 2. The molecule has 0 aliphatic heterocycles. The van der Waals surface area contributed by atoms with Crippen LogP contribution in [0.15, 0.2) is 18.3 Å².